The molecule has 0 radical (unpaired) electrons. The van der Waals surface area contributed by atoms with Crippen molar-refractivity contribution in [1.82, 2.24) is 0 Å². The van der Waals surface area contributed by atoms with E-state index >= 15 is 0 Å². The van der Waals surface area contributed by atoms with E-state index in [0.717, 1.165) is 63.4 Å². The molecule has 146 valence electrons. The first-order chi connectivity index (χ1) is 11.9. The third-order valence-electron chi connectivity index (χ3n) is 3.99. The summed E-state index contributed by atoms with van der Waals surface area (Å²) in [7, 11) is 0. The number of ether oxygens (including phenoxy) is 2. The van der Waals surface area contributed by atoms with E-state index in [1.807, 2.05) is 6.92 Å². The summed E-state index contributed by atoms with van der Waals surface area (Å²) in [5.41, 5.74) is 1.03. The highest BCUT2D eigenvalue weighted by Gasteiger charge is 2.04. The quantitative estimate of drug-likeness (QED) is 0.206. The van der Waals surface area contributed by atoms with Crippen molar-refractivity contribution >= 4 is 11.9 Å². The van der Waals surface area contributed by atoms with E-state index in [1.165, 1.54) is 0 Å². The highest BCUT2D eigenvalue weighted by Crippen LogP contribution is 2.10. The highest BCUT2D eigenvalue weighted by atomic mass is 16.5. The van der Waals surface area contributed by atoms with Gasteiger partial charge in [-0.25, -0.2) is 0 Å². The normalized spacial score (nSPS) is 10.7. The molecule has 0 aromatic rings. The van der Waals surface area contributed by atoms with Crippen LogP contribution in [0.2, 0.25) is 0 Å². The Bertz CT molecular complexity index is 374. The average Bonchev–Trinajstić information content (AvgIpc) is 2.53. The van der Waals surface area contributed by atoms with Crippen LogP contribution in [0.15, 0.2) is 12.2 Å². The molecule has 0 aliphatic heterocycles. The van der Waals surface area contributed by atoms with Gasteiger partial charge in [-0.1, -0.05) is 45.1 Å². The van der Waals surface area contributed by atoms with Gasteiger partial charge in [-0.2, -0.15) is 0 Å². The second-order valence-corrected chi connectivity index (χ2v) is 7.31. The highest BCUT2D eigenvalue weighted by molar-refractivity contribution is 5.69. The van der Waals surface area contributed by atoms with Gasteiger partial charge in [-0.05, 0) is 38.5 Å². The number of carbonyl (C=O) groups excluding carboxylic acids is 2. The van der Waals surface area contributed by atoms with Crippen LogP contribution in [0.3, 0.4) is 0 Å². The molecule has 0 saturated carbocycles. The summed E-state index contributed by atoms with van der Waals surface area (Å²) in [5.74, 6) is 0.486. The topological polar surface area (TPSA) is 52.6 Å². The van der Waals surface area contributed by atoms with Crippen LogP contribution in [0, 0.1) is 5.92 Å². The van der Waals surface area contributed by atoms with E-state index in [4.69, 9.17) is 9.47 Å². The van der Waals surface area contributed by atoms with Gasteiger partial charge >= 0.3 is 11.9 Å². The molecule has 25 heavy (non-hydrogen) atoms. The number of hydrogen-bond donors (Lipinski definition) is 0. The van der Waals surface area contributed by atoms with E-state index in [0.29, 0.717) is 32.0 Å². The molecule has 0 aromatic heterocycles. The molecule has 0 aliphatic rings. The van der Waals surface area contributed by atoms with Crippen molar-refractivity contribution in [3.8, 4) is 0 Å². The zero-order valence-corrected chi connectivity index (χ0v) is 16.6. The zero-order chi connectivity index (χ0) is 18.9. The molecule has 4 heteroatoms. The minimum Gasteiger partial charge on any atom is -0.466 e. The number of esters is 2. The van der Waals surface area contributed by atoms with E-state index in [9.17, 15) is 9.59 Å². The first-order valence-corrected chi connectivity index (χ1v) is 9.87. The molecule has 0 fully saturated rings. The van der Waals surface area contributed by atoms with Crippen LogP contribution < -0.4 is 0 Å². The fourth-order valence-electron chi connectivity index (χ4n) is 2.41. The predicted molar refractivity (Wildman–Crippen MR) is 102 cm³/mol. The summed E-state index contributed by atoms with van der Waals surface area (Å²) in [6.07, 6.45) is 9.89. The molecule has 0 amide bonds. The van der Waals surface area contributed by atoms with Crippen LogP contribution in [0.1, 0.15) is 91.4 Å². The molecule has 0 aliphatic carbocycles. The molecule has 0 bridgehead atoms. The Kier molecular flexibility index (Phi) is 15.3. The van der Waals surface area contributed by atoms with Gasteiger partial charge in [-0.3, -0.25) is 9.59 Å². The molecular formula is C21H38O4. The largest absolute Gasteiger partial charge is 0.466 e. The van der Waals surface area contributed by atoms with Crippen LogP contribution in [0.4, 0.5) is 0 Å². The molecule has 0 spiro atoms. The molecular weight excluding hydrogens is 316 g/mol. The Morgan fingerprint density at radius 1 is 0.760 bits per heavy atom. The first kappa shape index (κ1) is 23.7. The second-order valence-electron chi connectivity index (χ2n) is 7.31. The number of carbonyl (C=O) groups is 2. The van der Waals surface area contributed by atoms with Crippen LogP contribution in [0.25, 0.3) is 0 Å². The minimum atomic E-state index is -0.110. The van der Waals surface area contributed by atoms with Crippen molar-refractivity contribution in [2.24, 2.45) is 5.92 Å². The van der Waals surface area contributed by atoms with Gasteiger partial charge < -0.3 is 9.47 Å². The fourth-order valence-corrected chi connectivity index (χ4v) is 2.41. The van der Waals surface area contributed by atoms with Crippen molar-refractivity contribution in [1.29, 1.82) is 0 Å². The fraction of sp³-hybridized carbons (Fsp3) is 0.810. The SMILES string of the molecule is C=C(C)CCOC(=O)CCCCCCCCC(=O)OCCCC(C)C. The van der Waals surface area contributed by atoms with E-state index < -0.39 is 0 Å². The molecule has 0 N–H and O–H groups in total. The number of unbranched alkanes of at least 4 members (excludes halogenated alkanes) is 5. The molecule has 0 rings (SSSR count). The van der Waals surface area contributed by atoms with Gasteiger partial charge in [0.1, 0.15) is 0 Å². The van der Waals surface area contributed by atoms with Gasteiger partial charge in [0.25, 0.3) is 0 Å². The van der Waals surface area contributed by atoms with Crippen molar-refractivity contribution in [2.75, 3.05) is 13.2 Å². The van der Waals surface area contributed by atoms with Gasteiger partial charge in [0.05, 0.1) is 13.2 Å². The number of rotatable bonds is 16. The van der Waals surface area contributed by atoms with E-state index in [2.05, 4.69) is 20.4 Å². The maximum atomic E-state index is 11.5. The molecule has 0 aromatic carbocycles. The lowest BCUT2D eigenvalue weighted by Gasteiger charge is -2.06. The maximum absolute atomic E-state index is 11.5. The van der Waals surface area contributed by atoms with Crippen molar-refractivity contribution in [3.05, 3.63) is 12.2 Å². The monoisotopic (exact) mass is 354 g/mol. The lowest BCUT2D eigenvalue weighted by Crippen LogP contribution is -2.06. The summed E-state index contributed by atoms with van der Waals surface area (Å²) >= 11 is 0. The minimum absolute atomic E-state index is 0.0683. The van der Waals surface area contributed by atoms with Gasteiger partial charge in [0.15, 0.2) is 0 Å². The molecule has 4 nitrogen and oxygen atoms in total. The standard InChI is InChI=1S/C21H38O4/c1-18(2)12-11-16-24-20(22)13-9-7-5-6-8-10-14-21(23)25-17-15-19(3)4/h18H,3,5-17H2,1-2,4H3. The lowest BCUT2D eigenvalue weighted by molar-refractivity contribution is -0.144. The average molecular weight is 355 g/mol. The Morgan fingerprint density at radius 3 is 1.72 bits per heavy atom. The number of hydrogen-bond acceptors (Lipinski definition) is 4. The van der Waals surface area contributed by atoms with Gasteiger partial charge in [0.2, 0.25) is 0 Å². The zero-order valence-electron chi connectivity index (χ0n) is 16.6. The molecule has 0 saturated heterocycles. The van der Waals surface area contributed by atoms with Crippen molar-refractivity contribution < 1.29 is 19.1 Å². The molecule has 0 atom stereocenters. The van der Waals surface area contributed by atoms with Gasteiger partial charge in [-0.15, -0.1) is 6.58 Å². The van der Waals surface area contributed by atoms with Crippen LogP contribution >= 0.6 is 0 Å². The predicted octanol–water partition coefficient (Wildman–Crippen LogP) is 5.60. The summed E-state index contributed by atoms with van der Waals surface area (Å²) in [5, 5.41) is 0. The van der Waals surface area contributed by atoms with Crippen molar-refractivity contribution in [3.63, 3.8) is 0 Å². The maximum Gasteiger partial charge on any atom is 0.305 e. The molecule has 0 unspecified atom stereocenters. The Labute approximate surface area is 154 Å². The van der Waals surface area contributed by atoms with Crippen LogP contribution in [0.5, 0.6) is 0 Å². The van der Waals surface area contributed by atoms with Crippen LogP contribution in [-0.4, -0.2) is 25.2 Å². The van der Waals surface area contributed by atoms with E-state index in [1.54, 1.807) is 0 Å². The third kappa shape index (κ3) is 18.9. The Balaban J connectivity index is 3.31. The summed E-state index contributed by atoms with van der Waals surface area (Å²) in [6.45, 7) is 11.1. The van der Waals surface area contributed by atoms with Gasteiger partial charge in [0, 0.05) is 19.3 Å². The Hall–Kier alpha value is -1.32. The second kappa shape index (κ2) is 16.2. The van der Waals surface area contributed by atoms with E-state index in [-0.39, 0.29) is 11.9 Å². The first-order valence-electron chi connectivity index (χ1n) is 9.87. The third-order valence-corrected chi connectivity index (χ3v) is 3.99. The lowest BCUT2D eigenvalue weighted by atomic mass is 10.1. The smallest absolute Gasteiger partial charge is 0.305 e. The summed E-state index contributed by atoms with van der Waals surface area (Å²) < 4.78 is 10.3. The van der Waals surface area contributed by atoms with Crippen LogP contribution in [-0.2, 0) is 19.1 Å². The summed E-state index contributed by atoms with van der Waals surface area (Å²) in [6, 6.07) is 0. The molecule has 0 heterocycles. The van der Waals surface area contributed by atoms with Crippen molar-refractivity contribution in [2.45, 2.75) is 91.4 Å². The Morgan fingerprint density at radius 2 is 1.24 bits per heavy atom. The summed E-state index contributed by atoms with van der Waals surface area (Å²) in [4.78, 5) is 23.0.